The number of amides is 3. The fourth-order valence-corrected chi connectivity index (χ4v) is 4.03. The molecule has 1 aromatic carbocycles. The highest BCUT2D eigenvalue weighted by molar-refractivity contribution is 5.94. The van der Waals surface area contributed by atoms with Gasteiger partial charge in [-0.1, -0.05) is 12.1 Å². The second kappa shape index (κ2) is 12.1. The lowest BCUT2D eigenvalue weighted by molar-refractivity contribution is -0.145. The zero-order valence-corrected chi connectivity index (χ0v) is 19.5. The molecule has 1 aromatic heterocycles. The Morgan fingerprint density at radius 1 is 1.14 bits per heavy atom. The van der Waals surface area contributed by atoms with Crippen LogP contribution in [0.5, 0.6) is 5.75 Å². The number of hydrogen-bond acceptors (Lipinski definition) is 8. The largest absolute Gasteiger partial charge is 0.508 e. The number of carbonyl (C=O) groups is 4. The standard InChI is InChI=1S/C23H30N6O7/c24-16(9-14-10-25-12-26-14)20(32)28-18(11-30)22(34)29-7-1-2-19(29)21(33)27-17(23(35)36)8-13-3-5-15(31)6-4-13/h3-6,10,12,16-19,30-31H,1-2,7-9,11,24H2,(H,25,26)(H,27,33)(H,28,32)(H,35,36). The van der Waals surface area contributed by atoms with Crippen molar-refractivity contribution in [2.45, 2.75) is 49.9 Å². The zero-order valence-electron chi connectivity index (χ0n) is 19.5. The Morgan fingerprint density at radius 2 is 1.86 bits per heavy atom. The minimum absolute atomic E-state index is 0.0223. The lowest BCUT2D eigenvalue weighted by Crippen LogP contribution is -2.58. The Bertz CT molecular complexity index is 1060. The molecule has 13 nitrogen and oxygen atoms in total. The van der Waals surface area contributed by atoms with Crippen molar-refractivity contribution in [1.29, 1.82) is 0 Å². The van der Waals surface area contributed by atoms with E-state index in [2.05, 4.69) is 20.6 Å². The van der Waals surface area contributed by atoms with Crippen molar-refractivity contribution in [3.8, 4) is 5.75 Å². The van der Waals surface area contributed by atoms with Gasteiger partial charge in [0.05, 0.1) is 19.0 Å². The van der Waals surface area contributed by atoms with Crippen molar-refractivity contribution >= 4 is 23.7 Å². The van der Waals surface area contributed by atoms with Crippen LogP contribution in [0.4, 0.5) is 0 Å². The molecule has 4 atom stereocenters. The smallest absolute Gasteiger partial charge is 0.326 e. The maximum atomic E-state index is 13.1. The fourth-order valence-electron chi connectivity index (χ4n) is 4.03. The number of aliphatic hydroxyl groups excluding tert-OH is 1. The van der Waals surface area contributed by atoms with Gasteiger partial charge >= 0.3 is 5.97 Å². The molecule has 1 aliphatic rings. The second-order valence-electron chi connectivity index (χ2n) is 8.59. The van der Waals surface area contributed by atoms with Crippen LogP contribution in [0.25, 0.3) is 0 Å². The molecule has 1 fully saturated rings. The van der Waals surface area contributed by atoms with Gasteiger partial charge in [-0.25, -0.2) is 9.78 Å². The van der Waals surface area contributed by atoms with Crippen molar-refractivity contribution in [3.05, 3.63) is 48.0 Å². The van der Waals surface area contributed by atoms with E-state index in [0.29, 0.717) is 24.1 Å². The maximum absolute atomic E-state index is 13.1. The number of phenolic OH excluding ortho intramolecular Hbond substituents is 1. The summed E-state index contributed by atoms with van der Waals surface area (Å²) in [5, 5.41) is 33.6. The number of aliphatic carboxylic acids is 1. The molecule has 3 rings (SSSR count). The number of hydrogen-bond donors (Lipinski definition) is 7. The van der Waals surface area contributed by atoms with Crippen molar-refractivity contribution < 1.29 is 34.5 Å². The molecule has 4 unspecified atom stereocenters. The number of nitrogens with two attached hydrogens (primary N) is 1. The van der Waals surface area contributed by atoms with Crippen molar-refractivity contribution in [2.75, 3.05) is 13.2 Å². The Morgan fingerprint density at radius 3 is 2.47 bits per heavy atom. The number of rotatable bonds is 11. The van der Waals surface area contributed by atoms with Crippen LogP contribution in [-0.4, -0.2) is 91.2 Å². The summed E-state index contributed by atoms with van der Waals surface area (Å²) < 4.78 is 0. The summed E-state index contributed by atoms with van der Waals surface area (Å²) in [6, 6.07) is 1.40. The molecular weight excluding hydrogens is 472 g/mol. The molecule has 0 bridgehead atoms. The maximum Gasteiger partial charge on any atom is 0.326 e. The van der Waals surface area contributed by atoms with Crippen molar-refractivity contribution in [2.24, 2.45) is 5.73 Å². The number of benzene rings is 1. The average Bonchev–Trinajstić information content (AvgIpc) is 3.55. The molecule has 0 radical (unpaired) electrons. The van der Waals surface area contributed by atoms with E-state index in [4.69, 9.17) is 5.73 Å². The van der Waals surface area contributed by atoms with Crippen LogP contribution in [0.15, 0.2) is 36.8 Å². The SMILES string of the molecule is NC(Cc1cnc[nH]1)C(=O)NC(CO)C(=O)N1CCCC1C(=O)NC(Cc1ccc(O)cc1)C(=O)O. The number of aromatic nitrogens is 2. The first-order valence-corrected chi connectivity index (χ1v) is 11.4. The number of carboxylic acids is 1. The average molecular weight is 503 g/mol. The van der Waals surface area contributed by atoms with E-state index >= 15 is 0 Å². The molecule has 2 heterocycles. The molecule has 0 saturated carbocycles. The summed E-state index contributed by atoms with van der Waals surface area (Å²) in [5.74, 6) is -3.19. The molecule has 13 heteroatoms. The number of carbonyl (C=O) groups excluding carboxylic acids is 3. The van der Waals surface area contributed by atoms with Gasteiger partial charge in [-0.3, -0.25) is 14.4 Å². The van der Waals surface area contributed by atoms with Gasteiger partial charge in [0.1, 0.15) is 23.9 Å². The van der Waals surface area contributed by atoms with Gasteiger partial charge in [0.25, 0.3) is 0 Å². The molecule has 0 aliphatic carbocycles. The van der Waals surface area contributed by atoms with E-state index < -0.39 is 54.5 Å². The van der Waals surface area contributed by atoms with Gasteiger partial charge in [0.2, 0.25) is 17.7 Å². The predicted octanol–water partition coefficient (Wildman–Crippen LogP) is -1.73. The second-order valence-corrected chi connectivity index (χ2v) is 8.59. The summed E-state index contributed by atoms with van der Waals surface area (Å²) in [6.07, 6.45) is 3.87. The lowest BCUT2D eigenvalue weighted by Gasteiger charge is -2.29. The summed E-state index contributed by atoms with van der Waals surface area (Å²) >= 11 is 0. The number of aromatic hydroxyl groups is 1. The Hall–Kier alpha value is -3.97. The number of aromatic amines is 1. The van der Waals surface area contributed by atoms with Crippen LogP contribution in [0.3, 0.4) is 0 Å². The van der Waals surface area contributed by atoms with Crippen LogP contribution in [0.1, 0.15) is 24.1 Å². The number of nitrogens with one attached hydrogen (secondary N) is 3. The minimum Gasteiger partial charge on any atom is -0.508 e. The van der Waals surface area contributed by atoms with Crippen LogP contribution >= 0.6 is 0 Å². The first-order valence-electron chi connectivity index (χ1n) is 11.4. The Balaban J connectivity index is 1.62. The van der Waals surface area contributed by atoms with Gasteiger partial charge in [0.15, 0.2) is 0 Å². The molecule has 8 N–H and O–H groups in total. The highest BCUT2D eigenvalue weighted by Crippen LogP contribution is 2.19. The lowest BCUT2D eigenvalue weighted by atomic mass is 10.0. The molecular formula is C23H30N6O7. The van der Waals surface area contributed by atoms with E-state index in [1.165, 1.54) is 29.6 Å². The van der Waals surface area contributed by atoms with E-state index in [1.807, 2.05) is 0 Å². The number of nitrogens with zero attached hydrogens (tertiary/aromatic N) is 2. The highest BCUT2D eigenvalue weighted by atomic mass is 16.4. The number of phenols is 1. The first kappa shape index (κ1) is 26.6. The van der Waals surface area contributed by atoms with Crippen LogP contribution in [-0.2, 0) is 32.0 Å². The fraction of sp³-hybridized carbons (Fsp3) is 0.435. The number of aliphatic hydroxyl groups is 1. The van der Waals surface area contributed by atoms with Gasteiger partial charge in [-0.2, -0.15) is 0 Å². The quantitative estimate of drug-likeness (QED) is 0.186. The number of likely N-dealkylation sites (tertiary alicyclic amines) is 1. The van der Waals surface area contributed by atoms with Crippen molar-refractivity contribution in [1.82, 2.24) is 25.5 Å². The van der Waals surface area contributed by atoms with Gasteiger partial charge in [-0.05, 0) is 30.5 Å². The summed E-state index contributed by atoms with van der Waals surface area (Å²) in [6.45, 7) is -0.496. The molecule has 1 aliphatic heterocycles. The third-order valence-electron chi connectivity index (χ3n) is 5.96. The number of imidazole rings is 1. The molecule has 36 heavy (non-hydrogen) atoms. The van der Waals surface area contributed by atoms with E-state index in [0.717, 1.165) is 0 Å². The third kappa shape index (κ3) is 6.79. The van der Waals surface area contributed by atoms with E-state index in [1.54, 1.807) is 12.1 Å². The van der Waals surface area contributed by atoms with E-state index in [9.17, 15) is 34.5 Å². The molecule has 194 valence electrons. The predicted molar refractivity (Wildman–Crippen MR) is 125 cm³/mol. The van der Waals surface area contributed by atoms with E-state index in [-0.39, 0.29) is 25.1 Å². The normalized spacial score (nSPS) is 17.7. The highest BCUT2D eigenvalue weighted by Gasteiger charge is 2.39. The molecule has 0 spiro atoms. The monoisotopic (exact) mass is 502 g/mol. The number of carboxylic acid groups (broad SMARTS) is 1. The van der Waals surface area contributed by atoms with Gasteiger partial charge < -0.3 is 41.6 Å². The molecule has 3 amide bonds. The molecule has 2 aromatic rings. The minimum atomic E-state index is -1.31. The van der Waals surface area contributed by atoms with Crippen LogP contribution in [0, 0.1) is 0 Å². The zero-order chi connectivity index (χ0) is 26.2. The Kier molecular flexibility index (Phi) is 8.97. The van der Waals surface area contributed by atoms with Gasteiger partial charge in [0, 0.05) is 31.3 Å². The summed E-state index contributed by atoms with van der Waals surface area (Å²) in [4.78, 5) is 58.2. The summed E-state index contributed by atoms with van der Waals surface area (Å²) in [7, 11) is 0. The van der Waals surface area contributed by atoms with Crippen molar-refractivity contribution in [3.63, 3.8) is 0 Å². The first-order chi connectivity index (χ1) is 17.2. The van der Waals surface area contributed by atoms with Crippen LogP contribution < -0.4 is 16.4 Å². The summed E-state index contributed by atoms with van der Waals surface area (Å²) in [5.41, 5.74) is 7.11. The van der Waals surface area contributed by atoms with Gasteiger partial charge in [-0.15, -0.1) is 0 Å². The number of H-pyrrole nitrogens is 1. The molecule has 1 saturated heterocycles. The Labute approximate surface area is 206 Å². The topological polar surface area (TPSA) is 211 Å². The van der Waals surface area contributed by atoms with Crippen LogP contribution in [0.2, 0.25) is 0 Å². The third-order valence-corrected chi connectivity index (χ3v) is 5.96.